The van der Waals surface area contributed by atoms with Gasteiger partial charge in [0.2, 0.25) is 0 Å². The second-order valence-electron chi connectivity index (χ2n) is 19.2. The summed E-state index contributed by atoms with van der Waals surface area (Å²) in [6, 6.07) is 88.3. The number of nitrogens with zero attached hydrogens (tertiary/aromatic N) is 4. The van der Waals surface area contributed by atoms with Crippen molar-refractivity contribution in [3.63, 3.8) is 0 Å². The van der Waals surface area contributed by atoms with E-state index < -0.39 is 0 Å². The smallest absolute Gasteiger partial charge is 0.145 e. The quantitative estimate of drug-likeness (QED) is 0.156. The van der Waals surface area contributed by atoms with Crippen LogP contribution in [0.1, 0.15) is 0 Å². The molecular weight excluding hydrogens is 873 g/mol. The van der Waals surface area contributed by atoms with Gasteiger partial charge in [0.25, 0.3) is 0 Å². The Labute approximate surface area is 413 Å². The van der Waals surface area contributed by atoms with Crippen molar-refractivity contribution >= 4 is 97.5 Å². The van der Waals surface area contributed by atoms with Crippen molar-refractivity contribution < 1.29 is 0 Å². The second-order valence-corrected chi connectivity index (χ2v) is 19.2. The van der Waals surface area contributed by atoms with Gasteiger partial charge < -0.3 is 0 Å². The van der Waals surface area contributed by atoms with Crippen molar-refractivity contribution in [1.82, 2.24) is 19.1 Å². The third kappa shape index (κ3) is 5.52. The highest BCUT2D eigenvalue weighted by Gasteiger charge is 2.24. The number of imidazole rings is 2. The Morgan fingerprint density at radius 1 is 0.236 bits per heavy atom. The standard InChI is InChI=1S/C68H40N4/c1-3-17-49(18-4-1)71-65-57-25-11-15-45-33-31-43-13-9-23-55(59(43)61(45)57)63(65)69-67(71)47-35-27-41(28-36-47)51-39-40-52(54-22-8-7-21-53(51)54)42-29-37-48(38-30-42)68-70-64-56-24-10-14-44-32-34-46-16-12-26-58(62(46)60(44)56)66(64)72(68)50-19-5-2-6-20-50/h1-40H. The van der Waals surface area contributed by atoms with Gasteiger partial charge in [-0.05, 0) is 100 Å². The molecule has 0 aliphatic rings. The summed E-state index contributed by atoms with van der Waals surface area (Å²) in [6.07, 6.45) is 0. The van der Waals surface area contributed by atoms with E-state index in [1.165, 1.54) is 86.5 Å². The van der Waals surface area contributed by atoms with Crippen LogP contribution in [0, 0.1) is 0 Å². The molecule has 0 atom stereocenters. The van der Waals surface area contributed by atoms with Crippen molar-refractivity contribution in [3.05, 3.63) is 243 Å². The first kappa shape index (κ1) is 39.2. The average Bonchev–Trinajstić information content (AvgIpc) is 4.06. The average molecular weight is 913 g/mol. The van der Waals surface area contributed by atoms with Gasteiger partial charge in [-0.25, -0.2) is 9.97 Å². The molecular formula is C68H40N4. The minimum absolute atomic E-state index is 0.925. The summed E-state index contributed by atoms with van der Waals surface area (Å²) in [5.41, 5.74) is 13.3. The SMILES string of the molecule is c1ccc(-n2c(-c3ccc(-c4ccc(-c5ccc(-c6nc7c8cccc9ccc%10cccc(c%10c98)c7n6-c6ccccc6)cc5)c5ccccc45)cc3)nc3c4cccc5ccc6cccc(c6c54)c32)cc1. The summed E-state index contributed by atoms with van der Waals surface area (Å²) >= 11 is 0. The molecule has 72 heavy (non-hydrogen) atoms. The topological polar surface area (TPSA) is 35.6 Å². The monoisotopic (exact) mass is 912 g/mol. The van der Waals surface area contributed by atoms with Crippen LogP contribution in [0.2, 0.25) is 0 Å². The van der Waals surface area contributed by atoms with E-state index in [0.29, 0.717) is 0 Å². The predicted octanol–water partition coefficient (Wildman–Crippen LogP) is 18.0. The molecule has 0 unspecified atom stereocenters. The van der Waals surface area contributed by atoms with E-state index in [1.54, 1.807) is 0 Å². The Morgan fingerprint density at radius 2 is 0.556 bits per heavy atom. The largest absolute Gasteiger partial charge is 0.292 e. The Hall–Kier alpha value is -9.64. The molecule has 14 aromatic carbocycles. The van der Waals surface area contributed by atoms with Crippen molar-refractivity contribution in [2.24, 2.45) is 0 Å². The van der Waals surface area contributed by atoms with Crippen LogP contribution >= 0.6 is 0 Å². The molecule has 332 valence electrons. The molecule has 0 spiro atoms. The van der Waals surface area contributed by atoms with E-state index in [0.717, 1.165) is 67.3 Å². The van der Waals surface area contributed by atoms with Crippen LogP contribution in [0.5, 0.6) is 0 Å². The fourth-order valence-corrected chi connectivity index (χ4v) is 12.3. The summed E-state index contributed by atoms with van der Waals surface area (Å²) in [6.45, 7) is 0. The van der Waals surface area contributed by atoms with E-state index >= 15 is 0 Å². The lowest BCUT2D eigenvalue weighted by Gasteiger charge is -2.15. The van der Waals surface area contributed by atoms with Gasteiger partial charge in [-0.15, -0.1) is 0 Å². The summed E-state index contributed by atoms with van der Waals surface area (Å²) in [5.74, 6) is 1.85. The molecule has 0 saturated carbocycles. The van der Waals surface area contributed by atoms with Gasteiger partial charge in [0, 0.05) is 44.0 Å². The molecule has 0 amide bonds. The molecule has 0 radical (unpaired) electrons. The van der Waals surface area contributed by atoms with Crippen molar-refractivity contribution in [1.29, 1.82) is 0 Å². The molecule has 0 saturated heterocycles. The van der Waals surface area contributed by atoms with Gasteiger partial charge in [-0.2, -0.15) is 0 Å². The lowest BCUT2D eigenvalue weighted by atomic mass is 9.91. The molecule has 4 heteroatoms. The number of fused-ring (bicyclic) bond motifs is 7. The maximum Gasteiger partial charge on any atom is 0.145 e. The van der Waals surface area contributed by atoms with Crippen molar-refractivity contribution in [3.8, 4) is 56.4 Å². The maximum atomic E-state index is 5.55. The Balaban J connectivity index is 0.811. The van der Waals surface area contributed by atoms with E-state index in [4.69, 9.17) is 9.97 Å². The highest BCUT2D eigenvalue weighted by molar-refractivity contribution is 6.34. The van der Waals surface area contributed by atoms with Crippen LogP contribution in [0.3, 0.4) is 0 Å². The molecule has 0 aliphatic carbocycles. The number of hydrogen-bond acceptors (Lipinski definition) is 2. The minimum Gasteiger partial charge on any atom is -0.292 e. The second kappa shape index (κ2) is 14.9. The lowest BCUT2D eigenvalue weighted by Crippen LogP contribution is -1.98. The fraction of sp³-hybridized carbons (Fsp3) is 0. The summed E-state index contributed by atoms with van der Waals surface area (Å²) < 4.78 is 4.73. The third-order valence-corrected chi connectivity index (χ3v) is 15.4. The molecule has 0 N–H and O–H groups in total. The number of benzene rings is 14. The van der Waals surface area contributed by atoms with E-state index in [2.05, 4.69) is 252 Å². The molecule has 16 rings (SSSR count). The lowest BCUT2D eigenvalue weighted by molar-refractivity contribution is 1.11. The van der Waals surface area contributed by atoms with Gasteiger partial charge in [0.1, 0.15) is 11.6 Å². The fourth-order valence-electron chi connectivity index (χ4n) is 12.3. The van der Waals surface area contributed by atoms with Crippen LogP contribution in [-0.4, -0.2) is 19.1 Å². The van der Waals surface area contributed by atoms with Gasteiger partial charge in [-0.3, -0.25) is 9.13 Å². The number of rotatable bonds is 6. The molecule has 2 heterocycles. The van der Waals surface area contributed by atoms with Crippen molar-refractivity contribution in [2.75, 3.05) is 0 Å². The van der Waals surface area contributed by atoms with E-state index in [1.807, 2.05) is 0 Å². The zero-order chi connectivity index (χ0) is 47.0. The summed E-state index contributed by atoms with van der Waals surface area (Å²) in [5, 5.41) is 17.3. The number of para-hydroxylation sites is 2. The predicted molar refractivity (Wildman–Crippen MR) is 302 cm³/mol. The van der Waals surface area contributed by atoms with Gasteiger partial charge in [0.15, 0.2) is 0 Å². The minimum atomic E-state index is 0.925. The first-order valence-electron chi connectivity index (χ1n) is 24.7. The zero-order valence-electron chi connectivity index (χ0n) is 38.9. The normalized spacial score (nSPS) is 12.2. The van der Waals surface area contributed by atoms with E-state index in [9.17, 15) is 0 Å². The first-order chi connectivity index (χ1) is 35.7. The van der Waals surface area contributed by atoms with Gasteiger partial charge in [0.05, 0.1) is 22.1 Å². The Kier molecular flexibility index (Phi) is 8.14. The maximum absolute atomic E-state index is 5.55. The van der Waals surface area contributed by atoms with Gasteiger partial charge in [-0.1, -0.05) is 218 Å². The van der Waals surface area contributed by atoms with Crippen LogP contribution < -0.4 is 0 Å². The highest BCUT2D eigenvalue weighted by atomic mass is 15.1. The third-order valence-electron chi connectivity index (χ3n) is 15.4. The molecule has 2 aromatic heterocycles. The van der Waals surface area contributed by atoms with Crippen molar-refractivity contribution in [2.45, 2.75) is 0 Å². The highest BCUT2D eigenvalue weighted by Crippen LogP contribution is 2.46. The molecule has 16 aromatic rings. The van der Waals surface area contributed by atoms with Crippen LogP contribution in [0.15, 0.2) is 243 Å². The molecule has 0 aliphatic heterocycles. The van der Waals surface area contributed by atoms with Crippen LogP contribution in [0.25, 0.3) is 154 Å². The number of hydrogen-bond donors (Lipinski definition) is 0. The first-order valence-corrected chi connectivity index (χ1v) is 24.7. The van der Waals surface area contributed by atoms with Gasteiger partial charge >= 0.3 is 0 Å². The molecule has 0 bridgehead atoms. The summed E-state index contributed by atoms with van der Waals surface area (Å²) in [4.78, 5) is 11.1. The molecule has 0 fully saturated rings. The Morgan fingerprint density at radius 3 is 0.944 bits per heavy atom. The van der Waals surface area contributed by atoms with Crippen LogP contribution in [-0.2, 0) is 0 Å². The van der Waals surface area contributed by atoms with E-state index in [-0.39, 0.29) is 0 Å². The Bertz CT molecular complexity index is 4510. The number of aromatic nitrogens is 4. The zero-order valence-corrected chi connectivity index (χ0v) is 38.9. The summed E-state index contributed by atoms with van der Waals surface area (Å²) in [7, 11) is 0. The molecule has 4 nitrogen and oxygen atoms in total. The van der Waals surface area contributed by atoms with Crippen LogP contribution in [0.4, 0.5) is 0 Å².